The predicted octanol–water partition coefficient (Wildman–Crippen LogP) is 4.28. The first-order valence-corrected chi connectivity index (χ1v) is 7.81. The zero-order valence-corrected chi connectivity index (χ0v) is 13.8. The monoisotopic (exact) mass is 364 g/mol. The maximum absolute atomic E-state index is 12.9. The van der Waals surface area contributed by atoms with E-state index in [0.29, 0.717) is 15.1 Å². The van der Waals surface area contributed by atoms with Crippen LogP contribution in [0.1, 0.15) is 22.8 Å². The molecule has 0 aromatic heterocycles. The van der Waals surface area contributed by atoms with Crippen molar-refractivity contribution in [3.8, 4) is 0 Å². The van der Waals surface area contributed by atoms with Gasteiger partial charge < -0.3 is 10.6 Å². The molecule has 0 radical (unpaired) electrons. The van der Waals surface area contributed by atoms with Crippen LogP contribution in [0.4, 0.5) is 11.4 Å². The Morgan fingerprint density at radius 2 is 2.10 bits per heavy atom. The van der Waals surface area contributed by atoms with Gasteiger partial charge in [-0.1, -0.05) is 11.6 Å². The fraction of sp³-hybridized carbons (Fsp3) is 0.188. The van der Waals surface area contributed by atoms with Crippen LogP contribution >= 0.6 is 27.5 Å². The molecule has 0 bridgehead atoms. The second kappa shape index (κ2) is 5.35. The molecule has 3 nitrogen and oxygen atoms in total. The van der Waals surface area contributed by atoms with Gasteiger partial charge in [-0.15, -0.1) is 0 Å². The number of anilines is 2. The van der Waals surface area contributed by atoms with E-state index < -0.39 is 0 Å². The van der Waals surface area contributed by atoms with E-state index in [1.54, 1.807) is 18.2 Å². The molecular formula is C16H14BrClN2O. The predicted molar refractivity (Wildman–Crippen MR) is 90.0 cm³/mol. The van der Waals surface area contributed by atoms with Crippen LogP contribution in [0, 0.1) is 0 Å². The van der Waals surface area contributed by atoms with Gasteiger partial charge in [-0.3, -0.25) is 4.79 Å². The number of nitrogens with zero attached hydrogens (tertiary/aromatic N) is 1. The summed E-state index contributed by atoms with van der Waals surface area (Å²) in [7, 11) is 0. The Morgan fingerprint density at radius 1 is 1.33 bits per heavy atom. The first-order chi connectivity index (χ1) is 9.97. The largest absolute Gasteiger partial charge is 0.399 e. The number of nitrogen functional groups attached to an aromatic ring is 1. The van der Waals surface area contributed by atoms with Crippen molar-refractivity contribution in [2.45, 2.75) is 19.4 Å². The van der Waals surface area contributed by atoms with Crippen LogP contribution in [-0.4, -0.2) is 11.9 Å². The van der Waals surface area contributed by atoms with E-state index in [0.717, 1.165) is 23.4 Å². The SMILES string of the molecule is CC1Cc2cc(N)ccc2N1C(=O)c1ccc(Cl)cc1Br. The molecule has 108 valence electrons. The summed E-state index contributed by atoms with van der Waals surface area (Å²) < 4.78 is 0.705. The topological polar surface area (TPSA) is 46.3 Å². The van der Waals surface area contributed by atoms with Crippen LogP contribution in [0.5, 0.6) is 0 Å². The van der Waals surface area contributed by atoms with Crippen molar-refractivity contribution in [1.82, 2.24) is 0 Å². The summed E-state index contributed by atoms with van der Waals surface area (Å²) in [5.41, 5.74) is 9.20. The number of hydrogen-bond donors (Lipinski definition) is 1. The summed E-state index contributed by atoms with van der Waals surface area (Å²) in [4.78, 5) is 14.7. The van der Waals surface area contributed by atoms with Gasteiger partial charge in [0.2, 0.25) is 0 Å². The number of nitrogens with two attached hydrogens (primary N) is 1. The van der Waals surface area contributed by atoms with Crippen LogP contribution in [0.25, 0.3) is 0 Å². The molecule has 0 saturated carbocycles. The van der Waals surface area contributed by atoms with Gasteiger partial charge in [0.15, 0.2) is 0 Å². The lowest BCUT2D eigenvalue weighted by molar-refractivity contribution is 0.0981. The van der Waals surface area contributed by atoms with E-state index in [1.807, 2.05) is 30.0 Å². The van der Waals surface area contributed by atoms with Crippen LogP contribution < -0.4 is 10.6 Å². The Labute approximate surface area is 136 Å². The quantitative estimate of drug-likeness (QED) is 0.767. The van der Waals surface area contributed by atoms with Gasteiger partial charge in [-0.25, -0.2) is 0 Å². The van der Waals surface area contributed by atoms with E-state index >= 15 is 0 Å². The van der Waals surface area contributed by atoms with Gasteiger partial charge >= 0.3 is 0 Å². The minimum atomic E-state index is -0.0328. The van der Waals surface area contributed by atoms with Gasteiger partial charge in [0.1, 0.15) is 0 Å². The molecule has 2 aromatic carbocycles. The van der Waals surface area contributed by atoms with E-state index in [-0.39, 0.29) is 11.9 Å². The Bertz CT molecular complexity index is 732. The number of carbonyl (C=O) groups excluding carboxylic acids is 1. The van der Waals surface area contributed by atoms with Crippen molar-refractivity contribution >= 4 is 44.8 Å². The summed E-state index contributed by atoms with van der Waals surface area (Å²) in [6, 6.07) is 11.0. The minimum Gasteiger partial charge on any atom is -0.399 e. The molecular weight excluding hydrogens is 352 g/mol. The third-order valence-electron chi connectivity index (χ3n) is 3.70. The highest BCUT2D eigenvalue weighted by Gasteiger charge is 2.32. The van der Waals surface area contributed by atoms with Gasteiger partial charge in [0.05, 0.1) is 5.56 Å². The molecule has 1 heterocycles. The highest BCUT2D eigenvalue weighted by molar-refractivity contribution is 9.10. The zero-order valence-electron chi connectivity index (χ0n) is 11.4. The maximum Gasteiger partial charge on any atom is 0.259 e. The van der Waals surface area contributed by atoms with Crippen LogP contribution in [0.3, 0.4) is 0 Å². The lowest BCUT2D eigenvalue weighted by atomic mass is 10.1. The van der Waals surface area contributed by atoms with Crippen molar-refractivity contribution in [3.63, 3.8) is 0 Å². The number of hydrogen-bond acceptors (Lipinski definition) is 2. The lowest BCUT2D eigenvalue weighted by Gasteiger charge is -2.23. The molecule has 3 rings (SSSR count). The van der Waals surface area contributed by atoms with E-state index in [9.17, 15) is 4.79 Å². The van der Waals surface area contributed by atoms with Crippen LogP contribution in [0.15, 0.2) is 40.9 Å². The zero-order chi connectivity index (χ0) is 15.1. The third kappa shape index (κ3) is 2.54. The van der Waals surface area contributed by atoms with E-state index in [1.165, 1.54) is 0 Å². The average molecular weight is 366 g/mol. The number of carbonyl (C=O) groups is 1. The number of rotatable bonds is 1. The molecule has 2 N–H and O–H groups in total. The molecule has 21 heavy (non-hydrogen) atoms. The molecule has 2 aromatic rings. The molecule has 1 aliphatic heterocycles. The Kier molecular flexibility index (Phi) is 3.68. The molecule has 1 unspecified atom stereocenters. The molecule has 1 atom stereocenters. The van der Waals surface area contributed by atoms with Gasteiger partial charge in [0.25, 0.3) is 5.91 Å². The van der Waals surface area contributed by atoms with Crippen molar-refractivity contribution in [2.75, 3.05) is 10.6 Å². The second-order valence-electron chi connectivity index (χ2n) is 5.24. The Hall–Kier alpha value is -1.52. The fourth-order valence-corrected chi connectivity index (χ4v) is 3.61. The van der Waals surface area contributed by atoms with Crippen LogP contribution in [0.2, 0.25) is 5.02 Å². The average Bonchev–Trinajstić information content (AvgIpc) is 2.73. The summed E-state index contributed by atoms with van der Waals surface area (Å²) in [5.74, 6) is -0.0328. The van der Waals surface area contributed by atoms with Gasteiger partial charge in [-0.05, 0) is 71.2 Å². The second-order valence-corrected chi connectivity index (χ2v) is 6.53. The molecule has 0 fully saturated rings. The normalized spacial score (nSPS) is 16.9. The van der Waals surface area contributed by atoms with Crippen molar-refractivity contribution in [2.24, 2.45) is 0 Å². The highest BCUT2D eigenvalue weighted by Crippen LogP contribution is 2.35. The first kappa shape index (κ1) is 14.4. The maximum atomic E-state index is 12.9. The summed E-state index contributed by atoms with van der Waals surface area (Å²) in [6.07, 6.45) is 0.817. The first-order valence-electron chi connectivity index (χ1n) is 6.64. The van der Waals surface area contributed by atoms with Crippen molar-refractivity contribution < 1.29 is 4.79 Å². The van der Waals surface area contributed by atoms with Gasteiger partial charge in [-0.2, -0.15) is 0 Å². The molecule has 1 amide bonds. The number of halogens is 2. The van der Waals surface area contributed by atoms with Crippen molar-refractivity contribution in [1.29, 1.82) is 0 Å². The number of fused-ring (bicyclic) bond motifs is 1. The molecule has 5 heteroatoms. The number of amides is 1. The smallest absolute Gasteiger partial charge is 0.259 e. The summed E-state index contributed by atoms with van der Waals surface area (Å²) in [5, 5.41) is 0.598. The molecule has 1 aliphatic rings. The number of benzene rings is 2. The Balaban J connectivity index is 2.03. The minimum absolute atomic E-state index is 0.0328. The van der Waals surface area contributed by atoms with Crippen LogP contribution in [-0.2, 0) is 6.42 Å². The fourth-order valence-electron chi connectivity index (χ4n) is 2.75. The van der Waals surface area contributed by atoms with Crippen molar-refractivity contribution in [3.05, 3.63) is 57.0 Å². The summed E-state index contributed by atoms with van der Waals surface area (Å²) in [6.45, 7) is 2.04. The standard InChI is InChI=1S/C16H14BrClN2O/c1-9-6-10-7-12(19)3-5-15(10)20(9)16(21)13-4-2-11(18)8-14(13)17/h2-5,7-9H,6,19H2,1H3. The molecule has 0 aliphatic carbocycles. The Morgan fingerprint density at radius 3 is 2.81 bits per heavy atom. The molecule has 0 saturated heterocycles. The van der Waals surface area contributed by atoms with E-state index in [4.69, 9.17) is 17.3 Å². The highest BCUT2D eigenvalue weighted by atomic mass is 79.9. The van der Waals surface area contributed by atoms with E-state index in [2.05, 4.69) is 15.9 Å². The lowest BCUT2D eigenvalue weighted by Crippen LogP contribution is -2.35. The summed E-state index contributed by atoms with van der Waals surface area (Å²) >= 11 is 9.35. The van der Waals surface area contributed by atoms with Gasteiger partial charge in [0, 0.05) is 26.9 Å². The molecule has 0 spiro atoms. The third-order valence-corrected chi connectivity index (χ3v) is 4.59.